The number of carbonyl (C=O) groups is 1. The second kappa shape index (κ2) is 6.70. The van der Waals surface area contributed by atoms with Gasteiger partial charge in [0.2, 0.25) is 0 Å². The van der Waals surface area contributed by atoms with Crippen molar-refractivity contribution in [2.24, 2.45) is 0 Å². The van der Waals surface area contributed by atoms with E-state index in [1.165, 1.54) is 4.90 Å². The van der Waals surface area contributed by atoms with Gasteiger partial charge >= 0.3 is 0 Å². The van der Waals surface area contributed by atoms with Crippen LogP contribution in [0.5, 0.6) is 11.5 Å². The Morgan fingerprint density at radius 3 is 2.36 bits per heavy atom. The Kier molecular flexibility index (Phi) is 4.44. The lowest BCUT2D eigenvalue weighted by atomic mass is 9.93. The predicted molar refractivity (Wildman–Crippen MR) is 94.2 cm³/mol. The molecule has 3 rings (SSSR count). The van der Waals surface area contributed by atoms with Gasteiger partial charge in [-0.3, -0.25) is 9.69 Å². The van der Waals surface area contributed by atoms with Gasteiger partial charge in [0.15, 0.2) is 11.5 Å². The summed E-state index contributed by atoms with van der Waals surface area (Å²) in [4.78, 5) is 14.5. The van der Waals surface area contributed by atoms with Crippen molar-refractivity contribution in [2.45, 2.75) is 13.0 Å². The van der Waals surface area contributed by atoms with Crippen molar-refractivity contribution in [3.05, 3.63) is 64.9 Å². The zero-order chi connectivity index (χ0) is 18.0. The fraction of sp³-hybridized carbons (Fsp3) is 0.200. The third-order valence-corrected chi connectivity index (χ3v) is 4.25. The number of ether oxygens (including phenoxy) is 2. The van der Waals surface area contributed by atoms with E-state index in [-0.39, 0.29) is 5.91 Å². The molecule has 5 nitrogen and oxygen atoms in total. The number of hydrogen-bond donors (Lipinski definition) is 0. The van der Waals surface area contributed by atoms with Crippen molar-refractivity contribution in [2.75, 3.05) is 14.2 Å². The quantitative estimate of drug-likeness (QED) is 0.857. The van der Waals surface area contributed by atoms with E-state index in [0.29, 0.717) is 22.8 Å². The van der Waals surface area contributed by atoms with E-state index >= 15 is 0 Å². The fourth-order valence-electron chi connectivity index (χ4n) is 3.03. The maximum atomic E-state index is 12.9. The van der Waals surface area contributed by atoms with Crippen LogP contribution in [0.25, 0.3) is 6.08 Å². The molecular weight excluding hydrogens is 316 g/mol. The van der Waals surface area contributed by atoms with E-state index in [1.807, 2.05) is 25.1 Å². The second-order valence-electron chi connectivity index (χ2n) is 5.69. The molecule has 1 amide bonds. The molecule has 1 aliphatic heterocycles. The van der Waals surface area contributed by atoms with Crippen LogP contribution in [-0.2, 0) is 0 Å². The molecule has 0 spiro atoms. The lowest BCUT2D eigenvalue weighted by molar-refractivity contribution is 0.0775. The number of nitriles is 1. The van der Waals surface area contributed by atoms with Crippen LogP contribution in [0, 0.1) is 11.3 Å². The number of methoxy groups -OCH3 is 2. The largest absolute Gasteiger partial charge is 0.493 e. The second-order valence-corrected chi connectivity index (χ2v) is 5.69. The van der Waals surface area contributed by atoms with Crippen molar-refractivity contribution < 1.29 is 14.3 Å². The van der Waals surface area contributed by atoms with Crippen LogP contribution in [0.1, 0.15) is 34.5 Å². The average Bonchev–Trinajstić information content (AvgIpc) is 2.65. The van der Waals surface area contributed by atoms with E-state index < -0.39 is 6.04 Å². The van der Waals surface area contributed by atoms with Gasteiger partial charge in [0, 0.05) is 16.8 Å². The topological polar surface area (TPSA) is 62.6 Å². The Morgan fingerprint density at radius 2 is 1.76 bits per heavy atom. The highest BCUT2D eigenvalue weighted by atomic mass is 16.5. The highest BCUT2D eigenvalue weighted by Gasteiger charge is 2.33. The zero-order valence-corrected chi connectivity index (χ0v) is 14.3. The predicted octanol–water partition coefficient (Wildman–Crippen LogP) is 3.79. The molecule has 0 radical (unpaired) electrons. The molecule has 0 aliphatic carbocycles. The third kappa shape index (κ3) is 2.83. The van der Waals surface area contributed by atoms with Crippen LogP contribution in [0.15, 0.2) is 48.2 Å². The molecule has 1 unspecified atom stereocenters. The first-order valence-corrected chi connectivity index (χ1v) is 7.83. The molecule has 5 heteroatoms. The van der Waals surface area contributed by atoms with Crippen LogP contribution < -0.4 is 9.47 Å². The summed E-state index contributed by atoms with van der Waals surface area (Å²) in [6.07, 6.45) is 1.88. The van der Waals surface area contributed by atoms with Crippen LogP contribution in [-0.4, -0.2) is 25.0 Å². The summed E-state index contributed by atoms with van der Waals surface area (Å²) in [6, 6.07) is 14.1. The van der Waals surface area contributed by atoms with E-state index in [9.17, 15) is 10.1 Å². The van der Waals surface area contributed by atoms with E-state index in [2.05, 4.69) is 6.07 Å². The lowest BCUT2D eigenvalue weighted by Gasteiger charge is -2.33. The normalized spacial score (nSPS) is 15.7. The monoisotopic (exact) mass is 334 g/mol. The van der Waals surface area contributed by atoms with Crippen molar-refractivity contribution in [3.8, 4) is 17.6 Å². The van der Waals surface area contributed by atoms with Crippen molar-refractivity contribution in [1.82, 2.24) is 4.90 Å². The van der Waals surface area contributed by atoms with Crippen LogP contribution in [0.4, 0.5) is 0 Å². The summed E-state index contributed by atoms with van der Waals surface area (Å²) in [7, 11) is 3.11. The van der Waals surface area contributed by atoms with Gasteiger partial charge in [0.1, 0.15) is 6.04 Å². The molecule has 0 N–H and O–H groups in total. The Morgan fingerprint density at radius 1 is 1.12 bits per heavy atom. The molecule has 0 fully saturated rings. The van der Waals surface area contributed by atoms with Gasteiger partial charge in [-0.1, -0.05) is 18.2 Å². The summed E-state index contributed by atoms with van der Waals surface area (Å²) >= 11 is 0. The minimum Gasteiger partial charge on any atom is -0.493 e. The van der Waals surface area contributed by atoms with Crippen LogP contribution in [0.2, 0.25) is 0 Å². The smallest absolute Gasteiger partial charge is 0.259 e. The van der Waals surface area contributed by atoms with Crippen molar-refractivity contribution in [1.29, 1.82) is 5.26 Å². The average molecular weight is 334 g/mol. The van der Waals surface area contributed by atoms with Crippen molar-refractivity contribution in [3.63, 3.8) is 0 Å². The molecule has 0 aromatic heterocycles. The zero-order valence-electron chi connectivity index (χ0n) is 14.3. The van der Waals surface area contributed by atoms with Gasteiger partial charge < -0.3 is 9.47 Å². The first kappa shape index (κ1) is 16.6. The summed E-state index contributed by atoms with van der Waals surface area (Å²) in [5.41, 5.74) is 2.81. The van der Waals surface area contributed by atoms with Gasteiger partial charge in [-0.2, -0.15) is 5.26 Å². The number of amides is 1. The number of carbonyl (C=O) groups excluding carboxylic acids is 1. The molecule has 25 heavy (non-hydrogen) atoms. The number of nitrogens with zero attached hydrogens (tertiary/aromatic N) is 2. The number of rotatable bonds is 3. The van der Waals surface area contributed by atoms with Gasteiger partial charge in [0.25, 0.3) is 5.91 Å². The molecule has 1 heterocycles. The number of fused-ring (bicyclic) bond motifs is 1. The van der Waals surface area contributed by atoms with Crippen molar-refractivity contribution >= 4 is 12.0 Å². The molecule has 0 saturated heterocycles. The Labute approximate surface area is 146 Å². The maximum Gasteiger partial charge on any atom is 0.259 e. The highest BCUT2D eigenvalue weighted by molar-refractivity contribution is 5.97. The maximum absolute atomic E-state index is 12.9. The number of benzene rings is 2. The molecule has 2 aromatic carbocycles. The Balaban J connectivity index is 2.12. The third-order valence-electron chi connectivity index (χ3n) is 4.25. The number of hydrogen-bond acceptors (Lipinski definition) is 4. The lowest BCUT2D eigenvalue weighted by Crippen LogP contribution is -2.35. The summed E-state index contributed by atoms with van der Waals surface area (Å²) in [6.45, 7) is 1.82. The highest BCUT2D eigenvalue weighted by Crippen LogP contribution is 2.40. The Hall–Kier alpha value is -3.26. The van der Waals surface area contributed by atoms with Crippen LogP contribution >= 0.6 is 0 Å². The molecule has 1 atom stereocenters. The molecule has 2 aromatic rings. The minimum atomic E-state index is -0.729. The van der Waals surface area contributed by atoms with Gasteiger partial charge in [0.05, 0.1) is 20.3 Å². The van der Waals surface area contributed by atoms with E-state index in [1.54, 1.807) is 44.6 Å². The Bertz CT molecular complexity index is 882. The molecular formula is C20H18N2O3. The molecule has 0 bridgehead atoms. The molecule has 126 valence electrons. The summed E-state index contributed by atoms with van der Waals surface area (Å²) < 4.78 is 10.7. The van der Waals surface area contributed by atoms with Gasteiger partial charge in [-0.25, -0.2) is 0 Å². The SMILES string of the molecule is COc1cc2c(cc1OC)C(C#N)N(C(=O)c1ccccc1)C(C)=C2. The summed E-state index contributed by atoms with van der Waals surface area (Å²) in [5, 5.41) is 9.77. The van der Waals surface area contributed by atoms with E-state index in [0.717, 1.165) is 11.1 Å². The first-order valence-electron chi connectivity index (χ1n) is 7.83. The summed E-state index contributed by atoms with van der Waals surface area (Å²) in [5.74, 6) is 0.910. The molecule has 1 aliphatic rings. The van der Waals surface area contributed by atoms with Crippen LogP contribution in [0.3, 0.4) is 0 Å². The van der Waals surface area contributed by atoms with Gasteiger partial charge in [-0.05, 0) is 42.8 Å². The van der Waals surface area contributed by atoms with Gasteiger partial charge in [-0.15, -0.1) is 0 Å². The minimum absolute atomic E-state index is 0.207. The fourth-order valence-corrected chi connectivity index (χ4v) is 3.03. The van der Waals surface area contributed by atoms with E-state index in [4.69, 9.17) is 9.47 Å². The molecule has 0 saturated carbocycles. The first-order chi connectivity index (χ1) is 12.1. The standard InChI is InChI=1S/C20H18N2O3/c1-13-9-15-10-18(24-2)19(25-3)11-16(15)17(12-21)22(13)20(23)14-7-5-4-6-8-14/h4-11,17H,1-3H3. The number of allylic oxidation sites excluding steroid dienone is 1.